The Labute approximate surface area is 135 Å². The van der Waals surface area contributed by atoms with Crippen LogP contribution in [0.3, 0.4) is 0 Å². The highest BCUT2D eigenvalue weighted by Gasteiger charge is 2.29. The molecule has 4 rings (SSSR count). The molecule has 0 radical (unpaired) electrons. The SMILES string of the molecule is O=C1CC(c2ccccn2)Oc2ccc(N3CCNCC3)cc21. The van der Waals surface area contributed by atoms with E-state index in [1.165, 1.54) is 0 Å². The lowest BCUT2D eigenvalue weighted by atomic mass is 9.98. The first-order valence-corrected chi connectivity index (χ1v) is 8.02. The first kappa shape index (κ1) is 14.2. The molecule has 5 heteroatoms. The van der Waals surface area contributed by atoms with Gasteiger partial charge in [0, 0.05) is 38.1 Å². The first-order valence-electron chi connectivity index (χ1n) is 8.02. The van der Waals surface area contributed by atoms with Gasteiger partial charge in [-0.3, -0.25) is 9.78 Å². The van der Waals surface area contributed by atoms with Crippen LogP contribution in [0.5, 0.6) is 5.75 Å². The molecule has 1 fully saturated rings. The molecular weight excluding hydrogens is 290 g/mol. The molecule has 2 aliphatic heterocycles. The van der Waals surface area contributed by atoms with E-state index in [-0.39, 0.29) is 11.9 Å². The van der Waals surface area contributed by atoms with Crippen LogP contribution in [0.2, 0.25) is 0 Å². The number of nitrogens with zero attached hydrogens (tertiary/aromatic N) is 2. The maximum absolute atomic E-state index is 12.6. The van der Waals surface area contributed by atoms with Crippen LogP contribution in [-0.2, 0) is 0 Å². The standard InChI is InChI=1S/C18H19N3O2/c22-16-12-18(15-3-1-2-6-20-15)23-17-5-4-13(11-14(16)17)21-9-7-19-8-10-21/h1-6,11,18-19H,7-10,12H2. The third kappa shape index (κ3) is 2.80. The van der Waals surface area contributed by atoms with Crippen molar-refractivity contribution in [3.8, 4) is 5.75 Å². The van der Waals surface area contributed by atoms with Gasteiger partial charge in [0.2, 0.25) is 0 Å². The lowest BCUT2D eigenvalue weighted by Gasteiger charge is -2.31. The Morgan fingerprint density at radius 3 is 2.83 bits per heavy atom. The summed E-state index contributed by atoms with van der Waals surface area (Å²) < 4.78 is 6.02. The third-order valence-corrected chi connectivity index (χ3v) is 4.40. The summed E-state index contributed by atoms with van der Waals surface area (Å²) in [4.78, 5) is 19.2. The summed E-state index contributed by atoms with van der Waals surface area (Å²) in [5, 5.41) is 3.34. The Morgan fingerprint density at radius 1 is 1.17 bits per heavy atom. The second kappa shape index (κ2) is 6.01. The van der Waals surface area contributed by atoms with E-state index in [9.17, 15) is 4.79 Å². The van der Waals surface area contributed by atoms with Crippen molar-refractivity contribution in [2.45, 2.75) is 12.5 Å². The maximum Gasteiger partial charge on any atom is 0.170 e. The van der Waals surface area contributed by atoms with Crippen LogP contribution in [0, 0.1) is 0 Å². The van der Waals surface area contributed by atoms with E-state index in [1.54, 1.807) is 6.20 Å². The topological polar surface area (TPSA) is 54.5 Å². The molecule has 0 spiro atoms. The van der Waals surface area contributed by atoms with Crippen LogP contribution in [0.1, 0.15) is 28.6 Å². The zero-order valence-corrected chi connectivity index (χ0v) is 12.9. The van der Waals surface area contributed by atoms with Crippen molar-refractivity contribution in [1.82, 2.24) is 10.3 Å². The number of pyridine rings is 1. The van der Waals surface area contributed by atoms with Gasteiger partial charge in [0.15, 0.2) is 5.78 Å². The zero-order chi connectivity index (χ0) is 15.6. The minimum atomic E-state index is -0.291. The fourth-order valence-electron chi connectivity index (χ4n) is 3.16. The Bertz CT molecular complexity index is 711. The molecule has 0 amide bonds. The van der Waals surface area contributed by atoms with Crippen molar-refractivity contribution < 1.29 is 9.53 Å². The highest BCUT2D eigenvalue weighted by Crippen LogP contribution is 2.36. The average Bonchev–Trinajstić information content (AvgIpc) is 2.63. The van der Waals surface area contributed by atoms with Gasteiger partial charge in [0.05, 0.1) is 17.7 Å². The summed E-state index contributed by atoms with van der Waals surface area (Å²) in [5.41, 5.74) is 2.59. The Hall–Kier alpha value is -2.40. The van der Waals surface area contributed by atoms with E-state index in [2.05, 4.69) is 15.2 Å². The normalized spacial score (nSPS) is 20.8. The molecule has 2 aromatic rings. The largest absolute Gasteiger partial charge is 0.483 e. The number of anilines is 1. The van der Waals surface area contributed by atoms with Gasteiger partial charge in [-0.15, -0.1) is 0 Å². The van der Waals surface area contributed by atoms with Crippen LogP contribution in [-0.4, -0.2) is 36.9 Å². The van der Waals surface area contributed by atoms with Crippen molar-refractivity contribution in [3.05, 3.63) is 53.9 Å². The molecule has 0 aliphatic carbocycles. The monoisotopic (exact) mass is 309 g/mol. The van der Waals surface area contributed by atoms with Crippen LogP contribution >= 0.6 is 0 Å². The summed E-state index contributed by atoms with van der Waals surface area (Å²) in [6, 6.07) is 11.6. The molecule has 5 nitrogen and oxygen atoms in total. The molecule has 0 bridgehead atoms. The van der Waals surface area contributed by atoms with Crippen molar-refractivity contribution >= 4 is 11.5 Å². The van der Waals surface area contributed by atoms with Gasteiger partial charge >= 0.3 is 0 Å². The van der Waals surface area contributed by atoms with Gasteiger partial charge in [-0.05, 0) is 30.3 Å². The molecule has 1 saturated heterocycles. The number of Topliss-reactive ketones (excluding diaryl/α,β-unsaturated/α-hetero) is 1. The third-order valence-electron chi connectivity index (χ3n) is 4.40. The summed E-state index contributed by atoms with van der Waals surface area (Å²) in [7, 11) is 0. The van der Waals surface area contributed by atoms with Gasteiger partial charge in [-0.1, -0.05) is 6.07 Å². The van der Waals surface area contributed by atoms with Crippen molar-refractivity contribution in [3.63, 3.8) is 0 Å². The number of carbonyl (C=O) groups is 1. The van der Waals surface area contributed by atoms with Crippen LogP contribution in [0.15, 0.2) is 42.6 Å². The van der Waals surface area contributed by atoms with E-state index in [0.717, 1.165) is 37.6 Å². The summed E-state index contributed by atoms with van der Waals surface area (Å²) in [6.45, 7) is 3.88. The Morgan fingerprint density at radius 2 is 2.04 bits per heavy atom. The van der Waals surface area contributed by atoms with Crippen LogP contribution in [0.25, 0.3) is 0 Å². The van der Waals surface area contributed by atoms with E-state index in [1.807, 2.05) is 36.4 Å². The number of ketones is 1. The quantitative estimate of drug-likeness (QED) is 0.921. The number of rotatable bonds is 2. The fourth-order valence-corrected chi connectivity index (χ4v) is 3.16. The molecule has 2 aliphatic rings. The first-order chi connectivity index (χ1) is 11.3. The Balaban J connectivity index is 1.61. The van der Waals surface area contributed by atoms with Gasteiger partial charge in [0.1, 0.15) is 11.9 Å². The van der Waals surface area contributed by atoms with Crippen molar-refractivity contribution in [1.29, 1.82) is 0 Å². The van der Waals surface area contributed by atoms with Gasteiger partial charge in [0.25, 0.3) is 0 Å². The second-order valence-corrected chi connectivity index (χ2v) is 5.91. The molecule has 1 aromatic heterocycles. The molecule has 3 heterocycles. The molecular formula is C18H19N3O2. The van der Waals surface area contributed by atoms with Crippen LogP contribution < -0.4 is 15.0 Å². The predicted molar refractivity (Wildman–Crippen MR) is 88.1 cm³/mol. The number of hydrogen-bond donors (Lipinski definition) is 1. The molecule has 1 N–H and O–H groups in total. The van der Waals surface area contributed by atoms with E-state index in [4.69, 9.17) is 4.74 Å². The molecule has 1 unspecified atom stereocenters. The second-order valence-electron chi connectivity index (χ2n) is 5.91. The van der Waals surface area contributed by atoms with Gasteiger partial charge < -0.3 is 15.0 Å². The predicted octanol–water partition coefficient (Wildman–Crippen LogP) is 2.20. The average molecular weight is 309 g/mol. The highest BCUT2D eigenvalue weighted by molar-refractivity contribution is 6.00. The van der Waals surface area contributed by atoms with Crippen molar-refractivity contribution in [2.75, 3.05) is 31.1 Å². The molecule has 1 atom stereocenters. The van der Waals surface area contributed by atoms with E-state index >= 15 is 0 Å². The molecule has 0 saturated carbocycles. The molecule has 23 heavy (non-hydrogen) atoms. The van der Waals surface area contributed by atoms with Gasteiger partial charge in [-0.25, -0.2) is 0 Å². The van der Waals surface area contributed by atoms with E-state index in [0.29, 0.717) is 17.7 Å². The number of aromatic nitrogens is 1. The lowest BCUT2D eigenvalue weighted by molar-refractivity contribution is 0.0845. The summed E-state index contributed by atoms with van der Waals surface area (Å²) in [6.07, 6.45) is 1.78. The fraction of sp³-hybridized carbons (Fsp3) is 0.333. The molecule has 1 aromatic carbocycles. The van der Waals surface area contributed by atoms with Gasteiger partial charge in [-0.2, -0.15) is 0 Å². The van der Waals surface area contributed by atoms with Crippen molar-refractivity contribution in [2.24, 2.45) is 0 Å². The number of piperazine rings is 1. The lowest BCUT2D eigenvalue weighted by Crippen LogP contribution is -2.43. The smallest absolute Gasteiger partial charge is 0.170 e. The van der Waals surface area contributed by atoms with E-state index < -0.39 is 0 Å². The highest BCUT2D eigenvalue weighted by atomic mass is 16.5. The minimum absolute atomic E-state index is 0.124. The maximum atomic E-state index is 12.6. The number of benzene rings is 1. The zero-order valence-electron chi connectivity index (χ0n) is 12.9. The Kier molecular flexibility index (Phi) is 3.71. The number of hydrogen-bond acceptors (Lipinski definition) is 5. The van der Waals surface area contributed by atoms with Crippen LogP contribution in [0.4, 0.5) is 5.69 Å². The molecule has 118 valence electrons. The number of fused-ring (bicyclic) bond motifs is 1. The number of nitrogens with one attached hydrogen (secondary N) is 1. The number of ether oxygens (including phenoxy) is 1. The summed E-state index contributed by atoms with van der Waals surface area (Å²) >= 11 is 0. The minimum Gasteiger partial charge on any atom is -0.483 e. The summed E-state index contributed by atoms with van der Waals surface area (Å²) in [5.74, 6) is 0.787. The number of carbonyl (C=O) groups excluding carboxylic acids is 1.